The summed E-state index contributed by atoms with van der Waals surface area (Å²) in [6.07, 6.45) is 0. The van der Waals surface area contributed by atoms with Crippen LogP contribution in [-0.4, -0.2) is 25.0 Å². The Bertz CT molecular complexity index is 807. The van der Waals surface area contributed by atoms with Crippen LogP contribution in [0.4, 0.5) is 11.4 Å². The average molecular weight is 391 g/mol. The maximum absolute atomic E-state index is 12.1. The Morgan fingerprint density at radius 1 is 0.958 bits per heavy atom. The molecule has 0 radical (unpaired) electrons. The summed E-state index contributed by atoms with van der Waals surface area (Å²) in [4.78, 5) is 24.1. The Balaban J connectivity index is 1.67. The summed E-state index contributed by atoms with van der Waals surface area (Å²) in [6, 6.07) is 10.4. The topological polar surface area (TPSA) is 76.7 Å². The summed E-state index contributed by atoms with van der Waals surface area (Å²) in [6.45, 7) is 2.79. The molecule has 24 heavy (non-hydrogen) atoms. The molecule has 0 aromatic heterocycles. The van der Waals surface area contributed by atoms with Crippen LogP contribution in [0.5, 0.6) is 11.5 Å². The van der Waals surface area contributed by atoms with Gasteiger partial charge in [-0.3, -0.25) is 9.59 Å². The third-order valence-electron chi connectivity index (χ3n) is 3.44. The minimum absolute atomic E-state index is 0.452. The second-order valence-corrected chi connectivity index (χ2v) is 6.14. The monoisotopic (exact) mass is 390 g/mol. The molecule has 0 atom stereocenters. The normalized spacial score (nSPS) is 12.4. The standard InChI is InChI=1S/C17H15BrN2O4/c1-10-8-11(18)2-4-13(10)20-17(22)16(21)19-12-3-5-14-15(9-12)24-7-6-23-14/h2-5,8-9H,6-7H2,1H3,(H,19,21)(H,20,22). The number of rotatable bonds is 2. The predicted octanol–water partition coefficient (Wildman–Crippen LogP) is 3.11. The van der Waals surface area contributed by atoms with Crippen LogP contribution in [0.25, 0.3) is 0 Å². The number of carbonyl (C=O) groups excluding carboxylic acids is 2. The van der Waals surface area contributed by atoms with Crippen LogP contribution in [0, 0.1) is 6.92 Å². The fraction of sp³-hybridized carbons (Fsp3) is 0.176. The molecule has 3 rings (SSSR count). The van der Waals surface area contributed by atoms with Gasteiger partial charge in [-0.2, -0.15) is 0 Å². The van der Waals surface area contributed by atoms with Gasteiger partial charge in [0.05, 0.1) is 0 Å². The van der Waals surface area contributed by atoms with Crippen molar-refractivity contribution in [2.24, 2.45) is 0 Å². The minimum Gasteiger partial charge on any atom is -0.486 e. The van der Waals surface area contributed by atoms with Gasteiger partial charge in [-0.05, 0) is 42.8 Å². The summed E-state index contributed by atoms with van der Waals surface area (Å²) in [5.41, 5.74) is 1.90. The molecule has 2 aromatic rings. The van der Waals surface area contributed by atoms with E-state index < -0.39 is 11.8 Å². The Hall–Kier alpha value is -2.54. The van der Waals surface area contributed by atoms with Crippen molar-refractivity contribution in [2.75, 3.05) is 23.8 Å². The van der Waals surface area contributed by atoms with Crippen LogP contribution in [0.15, 0.2) is 40.9 Å². The Kier molecular flexibility index (Phi) is 4.71. The van der Waals surface area contributed by atoms with Crippen molar-refractivity contribution in [3.8, 4) is 11.5 Å². The predicted molar refractivity (Wildman–Crippen MR) is 93.6 cm³/mol. The number of hydrogen-bond donors (Lipinski definition) is 2. The van der Waals surface area contributed by atoms with Crippen molar-refractivity contribution in [2.45, 2.75) is 6.92 Å². The van der Waals surface area contributed by atoms with E-state index in [1.165, 1.54) is 0 Å². The lowest BCUT2D eigenvalue weighted by molar-refractivity contribution is -0.133. The molecule has 2 aromatic carbocycles. The van der Waals surface area contributed by atoms with E-state index in [4.69, 9.17) is 9.47 Å². The van der Waals surface area contributed by atoms with E-state index in [9.17, 15) is 9.59 Å². The average Bonchev–Trinajstić information content (AvgIpc) is 2.57. The number of anilines is 2. The minimum atomic E-state index is -0.756. The van der Waals surface area contributed by atoms with Gasteiger partial charge in [0, 0.05) is 21.9 Å². The molecule has 1 aliphatic heterocycles. The third kappa shape index (κ3) is 3.68. The Morgan fingerprint density at radius 2 is 1.67 bits per heavy atom. The largest absolute Gasteiger partial charge is 0.486 e. The van der Waals surface area contributed by atoms with Crippen molar-refractivity contribution in [1.82, 2.24) is 0 Å². The smallest absolute Gasteiger partial charge is 0.314 e. The maximum Gasteiger partial charge on any atom is 0.314 e. The molecule has 7 heteroatoms. The first-order valence-electron chi connectivity index (χ1n) is 7.31. The van der Waals surface area contributed by atoms with Crippen LogP contribution in [0.2, 0.25) is 0 Å². The van der Waals surface area contributed by atoms with E-state index >= 15 is 0 Å². The Labute approximate surface area is 147 Å². The van der Waals surface area contributed by atoms with E-state index in [1.54, 1.807) is 30.3 Å². The highest BCUT2D eigenvalue weighted by atomic mass is 79.9. The van der Waals surface area contributed by atoms with Crippen LogP contribution in [-0.2, 0) is 9.59 Å². The number of nitrogens with one attached hydrogen (secondary N) is 2. The molecule has 0 saturated carbocycles. The molecule has 0 bridgehead atoms. The third-order valence-corrected chi connectivity index (χ3v) is 3.94. The number of halogens is 1. The summed E-state index contributed by atoms with van der Waals surface area (Å²) in [7, 11) is 0. The van der Waals surface area contributed by atoms with Crippen LogP contribution in [0.1, 0.15) is 5.56 Å². The summed E-state index contributed by atoms with van der Waals surface area (Å²) in [5, 5.41) is 5.14. The molecule has 2 amide bonds. The van der Waals surface area contributed by atoms with Gasteiger partial charge in [0.2, 0.25) is 0 Å². The van der Waals surface area contributed by atoms with Crippen molar-refractivity contribution in [3.63, 3.8) is 0 Å². The molecule has 0 unspecified atom stereocenters. The molecule has 0 aliphatic carbocycles. The highest BCUT2D eigenvalue weighted by Gasteiger charge is 2.17. The van der Waals surface area contributed by atoms with Gasteiger partial charge in [0.25, 0.3) is 0 Å². The number of benzene rings is 2. The number of fused-ring (bicyclic) bond motifs is 1. The van der Waals surface area contributed by atoms with Gasteiger partial charge in [-0.25, -0.2) is 0 Å². The first kappa shape index (κ1) is 16.3. The fourth-order valence-corrected chi connectivity index (χ4v) is 2.73. The van der Waals surface area contributed by atoms with E-state index in [2.05, 4.69) is 26.6 Å². The number of hydrogen-bond acceptors (Lipinski definition) is 4. The molecule has 1 heterocycles. The van der Waals surface area contributed by atoms with Crippen molar-refractivity contribution in [1.29, 1.82) is 0 Å². The van der Waals surface area contributed by atoms with Gasteiger partial charge in [-0.1, -0.05) is 15.9 Å². The molecular formula is C17H15BrN2O4. The number of aryl methyl sites for hydroxylation is 1. The Morgan fingerprint density at radius 3 is 2.42 bits per heavy atom. The molecular weight excluding hydrogens is 376 g/mol. The second kappa shape index (κ2) is 6.92. The highest BCUT2D eigenvalue weighted by Crippen LogP contribution is 2.32. The summed E-state index contributed by atoms with van der Waals surface area (Å²) < 4.78 is 11.8. The lowest BCUT2D eigenvalue weighted by Gasteiger charge is -2.19. The van der Waals surface area contributed by atoms with Crippen LogP contribution < -0.4 is 20.1 Å². The molecule has 1 aliphatic rings. The van der Waals surface area contributed by atoms with Crippen molar-refractivity contribution in [3.05, 3.63) is 46.4 Å². The maximum atomic E-state index is 12.1. The molecule has 2 N–H and O–H groups in total. The van der Waals surface area contributed by atoms with Crippen molar-refractivity contribution >= 4 is 39.1 Å². The number of carbonyl (C=O) groups is 2. The van der Waals surface area contributed by atoms with Crippen LogP contribution in [0.3, 0.4) is 0 Å². The quantitative estimate of drug-likeness (QED) is 0.772. The molecule has 124 valence electrons. The lowest BCUT2D eigenvalue weighted by Crippen LogP contribution is -2.29. The van der Waals surface area contributed by atoms with E-state index in [-0.39, 0.29) is 0 Å². The van der Waals surface area contributed by atoms with Gasteiger partial charge < -0.3 is 20.1 Å². The second-order valence-electron chi connectivity index (χ2n) is 5.23. The zero-order chi connectivity index (χ0) is 17.1. The van der Waals surface area contributed by atoms with Gasteiger partial charge in [-0.15, -0.1) is 0 Å². The number of ether oxygens (including phenoxy) is 2. The van der Waals surface area contributed by atoms with Gasteiger partial charge in [0.15, 0.2) is 11.5 Å². The van der Waals surface area contributed by atoms with Gasteiger partial charge in [0.1, 0.15) is 13.2 Å². The van der Waals surface area contributed by atoms with E-state index in [0.29, 0.717) is 36.1 Å². The van der Waals surface area contributed by atoms with E-state index in [0.717, 1.165) is 10.0 Å². The molecule has 6 nitrogen and oxygen atoms in total. The SMILES string of the molecule is Cc1cc(Br)ccc1NC(=O)C(=O)Nc1ccc2c(c1)OCCO2. The first-order chi connectivity index (χ1) is 11.5. The molecule has 0 saturated heterocycles. The summed E-state index contributed by atoms with van der Waals surface area (Å²) in [5.74, 6) is -0.332. The first-order valence-corrected chi connectivity index (χ1v) is 8.10. The zero-order valence-corrected chi connectivity index (χ0v) is 14.5. The zero-order valence-electron chi connectivity index (χ0n) is 12.9. The van der Waals surface area contributed by atoms with Crippen molar-refractivity contribution < 1.29 is 19.1 Å². The highest BCUT2D eigenvalue weighted by molar-refractivity contribution is 9.10. The van der Waals surface area contributed by atoms with E-state index in [1.807, 2.05) is 13.0 Å². The fourth-order valence-electron chi connectivity index (χ4n) is 2.26. The van der Waals surface area contributed by atoms with Gasteiger partial charge >= 0.3 is 11.8 Å². The van der Waals surface area contributed by atoms with Crippen LogP contribution >= 0.6 is 15.9 Å². The molecule has 0 spiro atoms. The molecule has 0 fully saturated rings. The lowest BCUT2D eigenvalue weighted by atomic mass is 10.2. The number of amides is 2. The summed E-state index contributed by atoms with van der Waals surface area (Å²) >= 11 is 3.35.